The fraction of sp³-hybridized carbons (Fsp3) is 0.375. The molecule has 1 unspecified atom stereocenters. The second-order valence-corrected chi connectivity index (χ2v) is 5.30. The molecule has 2 aliphatic heterocycles. The Morgan fingerprint density at radius 1 is 1.05 bits per heavy atom. The number of fused-ring (bicyclic) bond motifs is 1. The highest BCUT2D eigenvalue weighted by molar-refractivity contribution is 5.47. The standard InChI is InChI=1S/C16H17N3O2/c1-3-13(19(8-1)16-17-6-2-7-18-16)12-4-5-14-15(11-12)21-10-9-20-14/h2,4-7,11,13H,1,3,8-10H2. The van der Waals surface area contributed by atoms with Crippen LogP contribution in [0.5, 0.6) is 11.5 Å². The molecule has 21 heavy (non-hydrogen) atoms. The van der Waals surface area contributed by atoms with Gasteiger partial charge >= 0.3 is 0 Å². The molecule has 108 valence electrons. The van der Waals surface area contributed by atoms with Gasteiger partial charge in [0.05, 0.1) is 6.04 Å². The summed E-state index contributed by atoms with van der Waals surface area (Å²) < 4.78 is 11.3. The quantitative estimate of drug-likeness (QED) is 0.848. The maximum absolute atomic E-state index is 5.69. The molecule has 0 spiro atoms. The van der Waals surface area contributed by atoms with E-state index < -0.39 is 0 Å². The summed E-state index contributed by atoms with van der Waals surface area (Å²) in [4.78, 5) is 11.0. The molecule has 2 aliphatic rings. The van der Waals surface area contributed by atoms with E-state index in [2.05, 4.69) is 27.0 Å². The summed E-state index contributed by atoms with van der Waals surface area (Å²) in [5.41, 5.74) is 1.24. The molecular weight excluding hydrogens is 266 g/mol. The first-order valence-corrected chi connectivity index (χ1v) is 7.35. The smallest absolute Gasteiger partial charge is 0.225 e. The van der Waals surface area contributed by atoms with E-state index in [4.69, 9.17) is 9.47 Å². The lowest BCUT2D eigenvalue weighted by Gasteiger charge is -2.26. The number of anilines is 1. The lowest BCUT2D eigenvalue weighted by atomic mass is 10.0. The second-order valence-electron chi connectivity index (χ2n) is 5.30. The van der Waals surface area contributed by atoms with Crippen molar-refractivity contribution in [1.82, 2.24) is 9.97 Å². The molecule has 0 bridgehead atoms. The molecule has 2 aromatic rings. The van der Waals surface area contributed by atoms with E-state index in [0.717, 1.165) is 36.8 Å². The van der Waals surface area contributed by atoms with Crippen LogP contribution in [0.15, 0.2) is 36.7 Å². The predicted octanol–water partition coefficient (Wildman–Crippen LogP) is 2.59. The Balaban J connectivity index is 1.66. The Hall–Kier alpha value is -2.30. The van der Waals surface area contributed by atoms with Crippen molar-refractivity contribution >= 4 is 5.95 Å². The van der Waals surface area contributed by atoms with Gasteiger partial charge in [0.25, 0.3) is 0 Å². The Morgan fingerprint density at radius 3 is 2.71 bits per heavy atom. The minimum atomic E-state index is 0.309. The molecule has 4 rings (SSSR count). The Kier molecular flexibility index (Phi) is 3.10. The van der Waals surface area contributed by atoms with Gasteiger partial charge < -0.3 is 14.4 Å². The van der Waals surface area contributed by atoms with Gasteiger partial charge in [0.2, 0.25) is 5.95 Å². The van der Waals surface area contributed by atoms with Crippen LogP contribution < -0.4 is 14.4 Å². The van der Waals surface area contributed by atoms with Crippen LogP contribution in [0.3, 0.4) is 0 Å². The average molecular weight is 283 g/mol. The predicted molar refractivity (Wildman–Crippen MR) is 78.8 cm³/mol. The van der Waals surface area contributed by atoms with Crippen molar-refractivity contribution in [3.63, 3.8) is 0 Å². The SMILES string of the molecule is c1cnc(N2CCCC2c2ccc3c(c2)OCCO3)nc1. The van der Waals surface area contributed by atoms with E-state index in [0.29, 0.717) is 19.3 Å². The molecule has 1 aromatic heterocycles. The monoisotopic (exact) mass is 283 g/mol. The van der Waals surface area contributed by atoms with Gasteiger partial charge in [-0.15, -0.1) is 0 Å². The second kappa shape index (κ2) is 5.24. The van der Waals surface area contributed by atoms with E-state index >= 15 is 0 Å². The third-order valence-corrected chi connectivity index (χ3v) is 4.01. The van der Waals surface area contributed by atoms with Crippen LogP contribution in [-0.4, -0.2) is 29.7 Å². The molecule has 1 aromatic carbocycles. The molecule has 1 atom stereocenters. The normalized spacial score (nSPS) is 20.6. The summed E-state index contributed by atoms with van der Waals surface area (Å²) >= 11 is 0. The number of rotatable bonds is 2. The van der Waals surface area contributed by atoms with Gasteiger partial charge in [0.1, 0.15) is 13.2 Å². The van der Waals surface area contributed by atoms with E-state index in [1.54, 1.807) is 12.4 Å². The van der Waals surface area contributed by atoms with Crippen molar-refractivity contribution in [3.8, 4) is 11.5 Å². The molecular formula is C16H17N3O2. The van der Waals surface area contributed by atoms with Crippen LogP contribution in [0.4, 0.5) is 5.95 Å². The summed E-state index contributed by atoms with van der Waals surface area (Å²) in [6, 6.07) is 8.38. The fourth-order valence-electron chi connectivity index (χ4n) is 3.06. The maximum Gasteiger partial charge on any atom is 0.225 e. The Morgan fingerprint density at radius 2 is 1.86 bits per heavy atom. The average Bonchev–Trinajstić information content (AvgIpc) is 3.05. The van der Waals surface area contributed by atoms with Crippen LogP contribution in [0, 0.1) is 0 Å². The maximum atomic E-state index is 5.69. The molecule has 5 heteroatoms. The van der Waals surface area contributed by atoms with Crippen molar-refractivity contribution < 1.29 is 9.47 Å². The van der Waals surface area contributed by atoms with Crippen LogP contribution in [-0.2, 0) is 0 Å². The molecule has 1 fully saturated rings. The Labute approximate surface area is 123 Å². The molecule has 0 N–H and O–H groups in total. The molecule has 3 heterocycles. The van der Waals surface area contributed by atoms with E-state index in [1.807, 2.05) is 12.1 Å². The zero-order valence-electron chi connectivity index (χ0n) is 11.7. The van der Waals surface area contributed by atoms with E-state index in [1.165, 1.54) is 5.56 Å². The molecule has 1 saturated heterocycles. The van der Waals surface area contributed by atoms with Gasteiger partial charge in [-0.25, -0.2) is 9.97 Å². The molecule has 0 aliphatic carbocycles. The van der Waals surface area contributed by atoms with Crippen LogP contribution in [0.25, 0.3) is 0 Å². The molecule has 0 amide bonds. The zero-order valence-corrected chi connectivity index (χ0v) is 11.7. The first-order chi connectivity index (χ1) is 10.4. The van der Waals surface area contributed by atoms with Crippen molar-refractivity contribution in [2.45, 2.75) is 18.9 Å². The Bertz CT molecular complexity index is 633. The van der Waals surface area contributed by atoms with Crippen LogP contribution >= 0.6 is 0 Å². The first-order valence-electron chi connectivity index (χ1n) is 7.35. The highest BCUT2D eigenvalue weighted by Crippen LogP contribution is 2.39. The van der Waals surface area contributed by atoms with Gasteiger partial charge in [-0.2, -0.15) is 0 Å². The number of ether oxygens (including phenoxy) is 2. The van der Waals surface area contributed by atoms with Crippen molar-refractivity contribution in [1.29, 1.82) is 0 Å². The highest BCUT2D eigenvalue weighted by atomic mass is 16.6. The number of aromatic nitrogens is 2. The lowest BCUT2D eigenvalue weighted by molar-refractivity contribution is 0.171. The molecule has 0 radical (unpaired) electrons. The summed E-state index contributed by atoms with van der Waals surface area (Å²) in [6.07, 6.45) is 5.85. The minimum absolute atomic E-state index is 0.309. The lowest BCUT2D eigenvalue weighted by Crippen LogP contribution is -2.24. The number of nitrogens with zero attached hydrogens (tertiary/aromatic N) is 3. The third-order valence-electron chi connectivity index (χ3n) is 4.01. The van der Waals surface area contributed by atoms with Crippen molar-refractivity contribution in [2.24, 2.45) is 0 Å². The topological polar surface area (TPSA) is 47.5 Å². The number of benzene rings is 1. The van der Waals surface area contributed by atoms with E-state index in [9.17, 15) is 0 Å². The van der Waals surface area contributed by atoms with Gasteiger partial charge in [-0.05, 0) is 36.6 Å². The summed E-state index contributed by atoms with van der Waals surface area (Å²) in [5.74, 6) is 2.49. The summed E-state index contributed by atoms with van der Waals surface area (Å²) in [5, 5.41) is 0. The summed E-state index contributed by atoms with van der Waals surface area (Å²) in [6.45, 7) is 2.23. The van der Waals surface area contributed by atoms with E-state index in [-0.39, 0.29) is 0 Å². The number of hydrogen-bond acceptors (Lipinski definition) is 5. The van der Waals surface area contributed by atoms with Crippen molar-refractivity contribution in [2.75, 3.05) is 24.7 Å². The minimum Gasteiger partial charge on any atom is -0.486 e. The summed E-state index contributed by atoms with van der Waals surface area (Å²) in [7, 11) is 0. The van der Waals surface area contributed by atoms with Gasteiger partial charge in [-0.1, -0.05) is 6.07 Å². The van der Waals surface area contributed by atoms with Crippen molar-refractivity contribution in [3.05, 3.63) is 42.2 Å². The van der Waals surface area contributed by atoms with Gasteiger partial charge in [-0.3, -0.25) is 0 Å². The largest absolute Gasteiger partial charge is 0.486 e. The van der Waals surface area contributed by atoms with Crippen LogP contribution in [0.2, 0.25) is 0 Å². The van der Waals surface area contributed by atoms with Gasteiger partial charge in [0, 0.05) is 18.9 Å². The third kappa shape index (κ3) is 2.28. The highest BCUT2D eigenvalue weighted by Gasteiger charge is 2.28. The fourth-order valence-corrected chi connectivity index (χ4v) is 3.06. The van der Waals surface area contributed by atoms with Gasteiger partial charge in [0.15, 0.2) is 11.5 Å². The van der Waals surface area contributed by atoms with Crippen LogP contribution in [0.1, 0.15) is 24.4 Å². The molecule has 5 nitrogen and oxygen atoms in total. The molecule has 0 saturated carbocycles. The number of hydrogen-bond donors (Lipinski definition) is 0. The zero-order chi connectivity index (χ0) is 14.1. The first kappa shape index (κ1) is 12.4.